The Balaban J connectivity index is 1.33. The van der Waals surface area contributed by atoms with Crippen LogP contribution in [0.15, 0.2) is 52.7 Å². The smallest absolute Gasteiger partial charge is 0.154 e. The predicted molar refractivity (Wildman–Crippen MR) is 104 cm³/mol. The number of nitrogens with zero attached hydrogens (tertiary/aromatic N) is 5. The molecule has 0 aliphatic carbocycles. The maximum Gasteiger partial charge on any atom is 0.154 e. The first kappa shape index (κ1) is 17.7. The van der Waals surface area contributed by atoms with Crippen LogP contribution in [-0.4, -0.2) is 24.5 Å². The van der Waals surface area contributed by atoms with Crippen molar-refractivity contribution in [3.8, 4) is 11.5 Å². The summed E-state index contributed by atoms with van der Waals surface area (Å²) in [6.45, 7) is 6.34. The van der Waals surface area contributed by atoms with Crippen molar-refractivity contribution < 1.29 is 4.42 Å². The van der Waals surface area contributed by atoms with Crippen LogP contribution in [0.5, 0.6) is 0 Å². The summed E-state index contributed by atoms with van der Waals surface area (Å²) in [6, 6.07) is 8.03. The van der Waals surface area contributed by atoms with E-state index in [1.807, 2.05) is 52.9 Å². The van der Waals surface area contributed by atoms with E-state index in [-0.39, 0.29) is 6.04 Å². The first-order chi connectivity index (χ1) is 13.2. The zero-order valence-corrected chi connectivity index (χ0v) is 16.2. The van der Waals surface area contributed by atoms with E-state index >= 15 is 0 Å². The monoisotopic (exact) mass is 382 g/mol. The molecule has 0 bridgehead atoms. The van der Waals surface area contributed by atoms with Gasteiger partial charge in [0.1, 0.15) is 11.5 Å². The average Bonchev–Trinajstić information content (AvgIpc) is 3.45. The van der Waals surface area contributed by atoms with Gasteiger partial charge in [0, 0.05) is 30.0 Å². The minimum atomic E-state index is 0.185. The normalized spacial score (nSPS) is 12.5. The van der Waals surface area contributed by atoms with Gasteiger partial charge in [0.2, 0.25) is 0 Å². The fourth-order valence-corrected chi connectivity index (χ4v) is 3.51. The predicted octanol–water partition coefficient (Wildman–Crippen LogP) is 3.66. The minimum absolute atomic E-state index is 0.185. The standard InChI is InChI=1S/C19H22N6OS/c1-14(18-13-27-15(2)22-18)20-12-16-4-5-19(26-16)17-6-9-25(23-17)11-10-24-8-3-7-21-24/h3-9,13-14,20H,10-12H2,1-2H3/t14-/m0/s1. The Morgan fingerprint density at radius 3 is 2.85 bits per heavy atom. The van der Waals surface area contributed by atoms with Crippen LogP contribution in [0.25, 0.3) is 11.5 Å². The van der Waals surface area contributed by atoms with Gasteiger partial charge < -0.3 is 9.73 Å². The summed E-state index contributed by atoms with van der Waals surface area (Å²) in [5, 5.41) is 15.4. The summed E-state index contributed by atoms with van der Waals surface area (Å²) in [6.07, 6.45) is 5.69. The van der Waals surface area contributed by atoms with Gasteiger partial charge in [0.25, 0.3) is 0 Å². The molecule has 0 aromatic carbocycles. The fraction of sp³-hybridized carbons (Fsp3) is 0.316. The molecule has 0 unspecified atom stereocenters. The van der Waals surface area contributed by atoms with Gasteiger partial charge in [-0.1, -0.05) is 0 Å². The molecule has 4 aromatic heterocycles. The highest BCUT2D eigenvalue weighted by Crippen LogP contribution is 2.21. The summed E-state index contributed by atoms with van der Waals surface area (Å²) in [5.74, 6) is 1.66. The average molecular weight is 382 g/mol. The SMILES string of the molecule is Cc1nc([C@H](C)NCc2ccc(-c3ccn(CCn4cccn4)n3)o2)cs1. The molecule has 4 aromatic rings. The molecule has 0 fully saturated rings. The van der Waals surface area contributed by atoms with E-state index in [1.54, 1.807) is 17.5 Å². The second-order valence-corrected chi connectivity index (χ2v) is 7.46. The van der Waals surface area contributed by atoms with Crippen LogP contribution in [-0.2, 0) is 19.6 Å². The molecule has 8 heteroatoms. The summed E-state index contributed by atoms with van der Waals surface area (Å²) in [4.78, 5) is 4.52. The molecule has 0 saturated heterocycles. The van der Waals surface area contributed by atoms with Crippen LogP contribution in [0.2, 0.25) is 0 Å². The Labute approximate surface area is 161 Å². The van der Waals surface area contributed by atoms with Gasteiger partial charge in [0.15, 0.2) is 5.76 Å². The number of thiazole rings is 1. The van der Waals surface area contributed by atoms with Gasteiger partial charge in [-0.15, -0.1) is 11.3 Å². The van der Waals surface area contributed by atoms with Crippen molar-refractivity contribution >= 4 is 11.3 Å². The highest BCUT2D eigenvalue weighted by molar-refractivity contribution is 7.09. The lowest BCUT2D eigenvalue weighted by atomic mass is 10.2. The third-order valence-corrected chi connectivity index (χ3v) is 5.13. The van der Waals surface area contributed by atoms with Crippen molar-refractivity contribution in [1.29, 1.82) is 0 Å². The molecule has 1 atom stereocenters. The van der Waals surface area contributed by atoms with Gasteiger partial charge in [-0.05, 0) is 38.1 Å². The van der Waals surface area contributed by atoms with E-state index in [0.717, 1.165) is 41.0 Å². The second-order valence-electron chi connectivity index (χ2n) is 6.39. The molecular weight excluding hydrogens is 360 g/mol. The van der Waals surface area contributed by atoms with Crippen molar-refractivity contribution in [3.63, 3.8) is 0 Å². The molecule has 7 nitrogen and oxygen atoms in total. The lowest BCUT2D eigenvalue weighted by Gasteiger charge is -2.09. The Morgan fingerprint density at radius 1 is 1.19 bits per heavy atom. The largest absolute Gasteiger partial charge is 0.458 e. The Hall–Kier alpha value is -2.71. The van der Waals surface area contributed by atoms with Crippen molar-refractivity contribution in [2.24, 2.45) is 0 Å². The number of hydrogen-bond donors (Lipinski definition) is 1. The zero-order valence-electron chi connectivity index (χ0n) is 15.4. The number of aromatic nitrogens is 5. The lowest BCUT2D eigenvalue weighted by Crippen LogP contribution is -2.18. The van der Waals surface area contributed by atoms with E-state index < -0.39 is 0 Å². The summed E-state index contributed by atoms with van der Waals surface area (Å²) < 4.78 is 9.75. The second kappa shape index (κ2) is 7.89. The van der Waals surface area contributed by atoms with Crippen molar-refractivity contribution in [3.05, 3.63) is 64.7 Å². The van der Waals surface area contributed by atoms with Crippen LogP contribution < -0.4 is 5.32 Å². The Morgan fingerprint density at radius 2 is 2.07 bits per heavy atom. The molecule has 4 heterocycles. The molecule has 1 N–H and O–H groups in total. The van der Waals surface area contributed by atoms with Crippen LogP contribution in [0.3, 0.4) is 0 Å². The van der Waals surface area contributed by atoms with Gasteiger partial charge in [-0.2, -0.15) is 10.2 Å². The van der Waals surface area contributed by atoms with Gasteiger partial charge in [0.05, 0.1) is 30.3 Å². The molecule has 0 aliphatic heterocycles. The summed E-state index contributed by atoms with van der Waals surface area (Å²) in [7, 11) is 0. The third-order valence-electron chi connectivity index (χ3n) is 4.34. The molecule has 0 amide bonds. The molecule has 0 saturated carbocycles. The summed E-state index contributed by atoms with van der Waals surface area (Å²) in [5.41, 5.74) is 1.91. The van der Waals surface area contributed by atoms with E-state index in [9.17, 15) is 0 Å². The van der Waals surface area contributed by atoms with Crippen molar-refractivity contribution in [2.45, 2.75) is 39.5 Å². The van der Waals surface area contributed by atoms with Crippen molar-refractivity contribution in [1.82, 2.24) is 29.9 Å². The highest BCUT2D eigenvalue weighted by Gasteiger charge is 2.11. The fourth-order valence-electron chi connectivity index (χ4n) is 2.80. The highest BCUT2D eigenvalue weighted by atomic mass is 32.1. The lowest BCUT2D eigenvalue weighted by molar-refractivity contribution is 0.462. The Kier molecular flexibility index (Phi) is 5.17. The van der Waals surface area contributed by atoms with E-state index in [2.05, 4.69) is 32.8 Å². The molecule has 140 valence electrons. The molecule has 0 radical (unpaired) electrons. The molecule has 27 heavy (non-hydrogen) atoms. The van der Waals surface area contributed by atoms with Gasteiger partial charge in [-0.3, -0.25) is 9.36 Å². The van der Waals surface area contributed by atoms with E-state index in [1.165, 1.54) is 0 Å². The molecule has 0 spiro atoms. The zero-order chi connectivity index (χ0) is 18.6. The maximum absolute atomic E-state index is 5.95. The molecule has 0 aliphatic rings. The van der Waals surface area contributed by atoms with Crippen LogP contribution in [0.4, 0.5) is 0 Å². The van der Waals surface area contributed by atoms with E-state index in [4.69, 9.17) is 4.42 Å². The minimum Gasteiger partial charge on any atom is -0.458 e. The Bertz CT molecular complexity index is 984. The molecule has 4 rings (SSSR count). The molecular formula is C19H22N6OS. The maximum atomic E-state index is 5.95. The quantitative estimate of drug-likeness (QED) is 0.503. The topological polar surface area (TPSA) is 73.7 Å². The van der Waals surface area contributed by atoms with Gasteiger partial charge in [-0.25, -0.2) is 4.98 Å². The third kappa shape index (κ3) is 4.35. The summed E-state index contributed by atoms with van der Waals surface area (Å²) >= 11 is 1.67. The number of rotatable bonds is 8. The number of aryl methyl sites for hydroxylation is 3. The number of hydrogen-bond acceptors (Lipinski definition) is 6. The number of furan rings is 1. The van der Waals surface area contributed by atoms with E-state index in [0.29, 0.717) is 6.54 Å². The number of nitrogens with one attached hydrogen (secondary N) is 1. The van der Waals surface area contributed by atoms with Crippen LogP contribution >= 0.6 is 11.3 Å². The first-order valence-electron chi connectivity index (χ1n) is 8.93. The van der Waals surface area contributed by atoms with Crippen molar-refractivity contribution in [2.75, 3.05) is 0 Å². The van der Waals surface area contributed by atoms with Crippen LogP contribution in [0.1, 0.15) is 29.4 Å². The first-order valence-corrected chi connectivity index (χ1v) is 9.81. The van der Waals surface area contributed by atoms with Gasteiger partial charge >= 0.3 is 0 Å². The van der Waals surface area contributed by atoms with Crippen LogP contribution in [0, 0.1) is 6.92 Å².